The molecule has 3 heterocycles. The molecule has 0 aromatic heterocycles. The van der Waals surface area contributed by atoms with Gasteiger partial charge in [-0.05, 0) is 33.6 Å². The van der Waals surface area contributed by atoms with Gasteiger partial charge in [0.1, 0.15) is 0 Å². The van der Waals surface area contributed by atoms with Gasteiger partial charge < -0.3 is 26.2 Å². The maximum absolute atomic E-state index is 11.0. The minimum Gasteiger partial charge on any atom is -0.332 e. The van der Waals surface area contributed by atoms with E-state index in [0.717, 1.165) is 17.1 Å². The monoisotopic (exact) mass is 420 g/mol. The molecule has 9 nitrogen and oxygen atoms in total. The first-order valence-electron chi connectivity index (χ1n) is 10.1. The second-order valence-corrected chi connectivity index (χ2v) is 8.29. The fourth-order valence-electron chi connectivity index (χ4n) is 3.11. The Hall–Kier alpha value is -2.97. The zero-order chi connectivity index (χ0) is 23.2. The van der Waals surface area contributed by atoms with Gasteiger partial charge in [-0.2, -0.15) is 0 Å². The highest BCUT2D eigenvalue weighted by Crippen LogP contribution is 2.13. The van der Waals surface area contributed by atoms with Crippen molar-refractivity contribution in [1.29, 1.82) is 0 Å². The minimum atomic E-state index is -0.135. The predicted molar refractivity (Wildman–Crippen MR) is 118 cm³/mol. The van der Waals surface area contributed by atoms with E-state index < -0.39 is 0 Å². The number of nitrogens with zero attached hydrogens (tertiary/aromatic N) is 2. The molecule has 168 valence electrons. The topological polar surface area (TPSA) is 106 Å². The fraction of sp³-hybridized carbons (Fsp3) is 0.571. The quantitative estimate of drug-likeness (QED) is 0.564. The van der Waals surface area contributed by atoms with E-state index in [0.29, 0.717) is 19.0 Å². The largest absolute Gasteiger partial charge is 0.332 e. The van der Waals surface area contributed by atoms with Crippen molar-refractivity contribution < 1.29 is 14.4 Å². The number of carbonyl (C=O) groups excluding carboxylic acids is 3. The highest BCUT2D eigenvalue weighted by Gasteiger charge is 2.27. The summed E-state index contributed by atoms with van der Waals surface area (Å²) >= 11 is 0. The molecule has 1 unspecified atom stereocenters. The Balaban J connectivity index is 0.000000225. The maximum Gasteiger partial charge on any atom is 0.322 e. The Bertz CT molecular complexity index is 654. The lowest BCUT2D eigenvalue weighted by atomic mass is 10.0. The molecule has 3 rings (SSSR count). The first kappa shape index (κ1) is 25.1. The zero-order valence-electron chi connectivity index (χ0n) is 19.0. The molecular formula is C21H36N6O3. The van der Waals surface area contributed by atoms with E-state index in [1.54, 1.807) is 9.80 Å². The summed E-state index contributed by atoms with van der Waals surface area (Å²) in [5.74, 6) is 0.409. The Labute approximate surface area is 179 Å². The molecule has 6 amide bonds. The van der Waals surface area contributed by atoms with E-state index in [2.05, 4.69) is 41.0 Å². The summed E-state index contributed by atoms with van der Waals surface area (Å²) in [6.45, 7) is 24.4. The van der Waals surface area contributed by atoms with Crippen molar-refractivity contribution in [2.75, 3.05) is 13.1 Å². The van der Waals surface area contributed by atoms with Crippen LogP contribution in [0.25, 0.3) is 0 Å². The van der Waals surface area contributed by atoms with Gasteiger partial charge in [0.15, 0.2) is 0 Å². The molecule has 0 bridgehead atoms. The van der Waals surface area contributed by atoms with Crippen molar-refractivity contribution in [2.24, 2.45) is 5.92 Å². The second-order valence-electron chi connectivity index (χ2n) is 8.29. The van der Waals surface area contributed by atoms with E-state index >= 15 is 0 Å². The number of amides is 6. The van der Waals surface area contributed by atoms with Crippen LogP contribution in [0.1, 0.15) is 41.5 Å². The number of nitrogens with one attached hydrogen (secondary N) is 4. The number of urea groups is 3. The van der Waals surface area contributed by atoms with Crippen LogP contribution >= 0.6 is 0 Å². The van der Waals surface area contributed by atoms with Gasteiger partial charge in [-0.25, -0.2) is 14.4 Å². The van der Waals surface area contributed by atoms with E-state index in [-0.39, 0.29) is 36.2 Å². The lowest BCUT2D eigenvalue weighted by molar-refractivity contribution is 0.206. The van der Waals surface area contributed by atoms with Crippen LogP contribution in [0.2, 0.25) is 0 Å². The van der Waals surface area contributed by atoms with Crippen molar-refractivity contribution in [2.45, 2.75) is 59.7 Å². The summed E-state index contributed by atoms with van der Waals surface area (Å²) in [7, 11) is 0. The highest BCUT2D eigenvalue weighted by molar-refractivity contribution is 5.80. The van der Waals surface area contributed by atoms with Gasteiger partial charge in [-0.3, -0.25) is 4.90 Å². The van der Waals surface area contributed by atoms with Crippen LogP contribution in [0.3, 0.4) is 0 Å². The summed E-state index contributed by atoms with van der Waals surface area (Å²) in [5, 5.41) is 10.7. The first-order valence-corrected chi connectivity index (χ1v) is 10.1. The van der Waals surface area contributed by atoms with Crippen molar-refractivity contribution in [3.05, 3.63) is 36.8 Å². The Morgan fingerprint density at radius 1 is 0.900 bits per heavy atom. The molecule has 3 aliphatic rings. The van der Waals surface area contributed by atoms with Gasteiger partial charge in [0.2, 0.25) is 0 Å². The van der Waals surface area contributed by atoms with Crippen molar-refractivity contribution in [3.63, 3.8) is 0 Å². The van der Waals surface area contributed by atoms with Crippen LogP contribution in [0, 0.1) is 5.92 Å². The highest BCUT2D eigenvalue weighted by atomic mass is 16.2. The zero-order valence-corrected chi connectivity index (χ0v) is 19.0. The van der Waals surface area contributed by atoms with E-state index in [1.165, 1.54) is 0 Å². The lowest BCUT2D eigenvalue weighted by Gasteiger charge is -2.19. The average Bonchev–Trinajstić information content (AvgIpc) is 3.25. The van der Waals surface area contributed by atoms with Gasteiger partial charge in [0, 0.05) is 29.2 Å². The lowest BCUT2D eigenvalue weighted by Crippen LogP contribution is -2.33. The van der Waals surface area contributed by atoms with Gasteiger partial charge in [0.05, 0.1) is 19.1 Å². The third-order valence-corrected chi connectivity index (χ3v) is 4.65. The molecule has 3 fully saturated rings. The number of rotatable bonds is 3. The Morgan fingerprint density at radius 3 is 1.70 bits per heavy atom. The molecule has 1 atom stereocenters. The van der Waals surface area contributed by atoms with Crippen LogP contribution in [-0.4, -0.2) is 59.1 Å². The fourth-order valence-corrected chi connectivity index (χ4v) is 3.11. The molecule has 0 aromatic carbocycles. The van der Waals surface area contributed by atoms with Crippen molar-refractivity contribution in [1.82, 2.24) is 31.1 Å². The molecule has 0 saturated carbocycles. The molecular weight excluding hydrogens is 384 g/mol. The summed E-state index contributed by atoms with van der Waals surface area (Å²) in [6.07, 6.45) is 0. The maximum atomic E-state index is 11.0. The van der Waals surface area contributed by atoms with E-state index in [1.807, 2.05) is 41.5 Å². The van der Waals surface area contributed by atoms with Crippen LogP contribution in [-0.2, 0) is 0 Å². The minimum absolute atomic E-state index is 0.0278. The van der Waals surface area contributed by atoms with E-state index in [9.17, 15) is 14.4 Å². The van der Waals surface area contributed by atoms with Crippen LogP contribution in [0.5, 0.6) is 0 Å². The van der Waals surface area contributed by atoms with Crippen molar-refractivity contribution >= 4 is 18.1 Å². The van der Waals surface area contributed by atoms with Crippen LogP contribution in [0.15, 0.2) is 36.8 Å². The van der Waals surface area contributed by atoms with Gasteiger partial charge in [0.25, 0.3) is 0 Å². The van der Waals surface area contributed by atoms with E-state index in [4.69, 9.17) is 0 Å². The Kier molecular flexibility index (Phi) is 8.94. The summed E-state index contributed by atoms with van der Waals surface area (Å²) in [4.78, 5) is 36.1. The molecule has 0 radical (unpaired) electrons. The SMILES string of the molecule is C=C1CN(C(C)C)C(=O)N1.C=C1CNC(=O)N1C(C)C.C=C1NC(=O)NC1C(C)C. The third kappa shape index (κ3) is 6.82. The smallest absolute Gasteiger partial charge is 0.322 e. The molecule has 3 saturated heterocycles. The standard InChI is InChI=1S/3C7H12N2O/c1-5(2)9-4-6(3)8-7(9)10;1-5(2)9-6(3)4-8-7(9)10;1-4(2)6-5(3)8-7(10)9-6/h2*5H,3-4H2,1-2H3,(H,8,10);4,6H,3H2,1-2H3,(H2,8,9,10). The van der Waals surface area contributed by atoms with Crippen LogP contribution < -0.4 is 21.3 Å². The summed E-state index contributed by atoms with van der Waals surface area (Å²) in [6, 6.07) is 0.394. The molecule has 0 aromatic rings. The molecule has 0 aliphatic carbocycles. The normalized spacial score (nSPS) is 20.6. The predicted octanol–water partition coefficient (Wildman–Crippen LogP) is 2.70. The molecule has 0 spiro atoms. The molecule has 3 aliphatic heterocycles. The van der Waals surface area contributed by atoms with Crippen molar-refractivity contribution in [3.8, 4) is 0 Å². The second kappa shape index (κ2) is 10.7. The number of carbonyl (C=O) groups is 3. The van der Waals surface area contributed by atoms with Crippen LogP contribution in [0.4, 0.5) is 14.4 Å². The molecule has 30 heavy (non-hydrogen) atoms. The molecule has 9 heteroatoms. The Morgan fingerprint density at radius 2 is 1.50 bits per heavy atom. The molecule has 4 N–H and O–H groups in total. The third-order valence-electron chi connectivity index (χ3n) is 4.65. The summed E-state index contributed by atoms with van der Waals surface area (Å²) < 4.78 is 0. The van der Waals surface area contributed by atoms with Gasteiger partial charge in [-0.15, -0.1) is 0 Å². The average molecular weight is 421 g/mol. The van der Waals surface area contributed by atoms with Gasteiger partial charge >= 0.3 is 18.1 Å². The van der Waals surface area contributed by atoms with Gasteiger partial charge in [-0.1, -0.05) is 33.6 Å². The summed E-state index contributed by atoms with van der Waals surface area (Å²) in [5.41, 5.74) is 2.43. The number of hydrogen-bond acceptors (Lipinski definition) is 3. The first-order chi connectivity index (χ1) is 13.8. The number of hydrogen-bond donors (Lipinski definition) is 4.